The van der Waals surface area contributed by atoms with Crippen LogP contribution in [-0.4, -0.2) is 59.7 Å². The van der Waals surface area contributed by atoms with Gasteiger partial charge < -0.3 is 20.2 Å². The van der Waals surface area contributed by atoms with E-state index in [1.807, 2.05) is 0 Å². The summed E-state index contributed by atoms with van der Waals surface area (Å²) in [4.78, 5) is 29.5. The van der Waals surface area contributed by atoms with Crippen molar-refractivity contribution >= 4 is 29.4 Å². The molecule has 1 aromatic heterocycles. The third-order valence-electron chi connectivity index (χ3n) is 3.86. The van der Waals surface area contributed by atoms with Crippen molar-refractivity contribution in [2.24, 2.45) is 0 Å². The minimum absolute atomic E-state index is 0.0217. The molecule has 0 aromatic carbocycles. The second-order valence-corrected chi connectivity index (χ2v) is 6.14. The van der Waals surface area contributed by atoms with Crippen LogP contribution in [0.3, 0.4) is 0 Å². The normalized spacial score (nSPS) is 15.1. The molecular weight excluding hydrogens is 377 g/mol. The summed E-state index contributed by atoms with van der Waals surface area (Å²) in [5, 5.41) is 11.1. The topological polar surface area (TPSA) is 85.8 Å². The molecule has 7 nitrogen and oxygen atoms in total. The van der Waals surface area contributed by atoms with E-state index in [4.69, 9.17) is 16.7 Å². The molecule has 1 aromatic rings. The minimum Gasteiger partial charge on any atom is -0.481 e. The number of nitrogens with zero attached hydrogens (tertiary/aromatic N) is 3. The first kappa shape index (κ1) is 20.1. The zero-order chi connectivity index (χ0) is 19.3. The maximum atomic E-state index is 12.7. The van der Waals surface area contributed by atoms with Crippen molar-refractivity contribution < 1.29 is 27.9 Å². The van der Waals surface area contributed by atoms with Gasteiger partial charge >= 0.3 is 18.2 Å². The van der Waals surface area contributed by atoms with Gasteiger partial charge in [0.05, 0.1) is 10.6 Å². The molecule has 1 saturated heterocycles. The molecule has 0 radical (unpaired) electrons. The van der Waals surface area contributed by atoms with Crippen molar-refractivity contribution in [3.8, 4) is 0 Å². The van der Waals surface area contributed by atoms with E-state index in [9.17, 15) is 22.8 Å². The molecule has 0 spiro atoms. The van der Waals surface area contributed by atoms with E-state index in [2.05, 4.69) is 10.3 Å². The third kappa shape index (κ3) is 5.38. The number of aromatic nitrogens is 1. The Hall–Kier alpha value is -2.23. The number of rotatable bonds is 5. The van der Waals surface area contributed by atoms with Gasteiger partial charge in [-0.05, 0) is 12.5 Å². The number of hydrogen-bond donors (Lipinski definition) is 2. The van der Waals surface area contributed by atoms with Gasteiger partial charge in [0.25, 0.3) is 0 Å². The molecule has 1 aliphatic rings. The summed E-state index contributed by atoms with van der Waals surface area (Å²) in [5.74, 6) is -0.671. The van der Waals surface area contributed by atoms with Crippen LogP contribution in [0.2, 0.25) is 5.02 Å². The summed E-state index contributed by atoms with van der Waals surface area (Å²) in [5.41, 5.74) is -0.911. The predicted molar refractivity (Wildman–Crippen MR) is 88.3 cm³/mol. The number of halogens is 4. The van der Waals surface area contributed by atoms with Crippen LogP contribution in [-0.2, 0) is 11.0 Å². The predicted octanol–water partition coefficient (Wildman–Crippen LogP) is 2.45. The number of aliphatic carboxylic acids is 1. The van der Waals surface area contributed by atoms with Crippen LogP contribution < -0.4 is 10.2 Å². The SMILES string of the molecule is O=C(O)CCCNC(=O)N1CCN(c2ncc(C(F)(F)F)cc2Cl)CC1. The van der Waals surface area contributed by atoms with Crippen LogP contribution in [0.15, 0.2) is 12.3 Å². The second-order valence-electron chi connectivity index (χ2n) is 5.73. The number of carbonyl (C=O) groups is 2. The molecule has 2 heterocycles. The maximum Gasteiger partial charge on any atom is 0.417 e. The van der Waals surface area contributed by atoms with Gasteiger partial charge in [0.15, 0.2) is 0 Å². The van der Waals surface area contributed by atoms with Crippen molar-refractivity contribution in [3.05, 3.63) is 22.8 Å². The summed E-state index contributed by atoms with van der Waals surface area (Å²) < 4.78 is 38.0. The van der Waals surface area contributed by atoms with Gasteiger partial charge in [-0.2, -0.15) is 13.2 Å². The van der Waals surface area contributed by atoms with E-state index in [1.54, 1.807) is 9.80 Å². The highest BCUT2D eigenvalue weighted by Gasteiger charge is 2.32. The molecule has 0 unspecified atom stereocenters. The molecule has 0 bridgehead atoms. The van der Waals surface area contributed by atoms with Gasteiger partial charge in [-0.1, -0.05) is 11.6 Å². The highest BCUT2D eigenvalue weighted by atomic mass is 35.5. The molecule has 144 valence electrons. The van der Waals surface area contributed by atoms with E-state index < -0.39 is 17.7 Å². The Morgan fingerprint density at radius 1 is 1.27 bits per heavy atom. The number of alkyl halides is 3. The van der Waals surface area contributed by atoms with Crippen molar-refractivity contribution in [1.29, 1.82) is 0 Å². The Labute approximate surface area is 152 Å². The fourth-order valence-corrected chi connectivity index (χ4v) is 2.77. The average molecular weight is 395 g/mol. The van der Waals surface area contributed by atoms with Crippen LogP contribution in [0.4, 0.5) is 23.8 Å². The zero-order valence-corrected chi connectivity index (χ0v) is 14.5. The monoisotopic (exact) mass is 394 g/mol. The number of carboxylic acid groups (broad SMARTS) is 1. The van der Waals surface area contributed by atoms with Crippen LogP contribution >= 0.6 is 11.6 Å². The molecule has 26 heavy (non-hydrogen) atoms. The van der Waals surface area contributed by atoms with Crippen molar-refractivity contribution in [1.82, 2.24) is 15.2 Å². The zero-order valence-electron chi connectivity index (χ0n) is 13.7. The highest BCUT2D eigenvalue weighted by Crippen LogP contribution is 2.33. The molecule has 2 N–H and O–H groups in total. The van der Waals surface area contributed by atoms with Gasteiger partial charge in [0.2, 0.25) is 0 Å². The lowest BCUT2D eigenvalue weighted by Crippen LogP contribution is -2.52. The number of nitrogens with one attached hydrogen (secondary N) is 1. The number of hydrogen-bond acceptors (Lipinski definition) is 4. The van der Waals surface area contributed by atoms with Crippen molar-refractivity contribution in [2.75, 3.05) is 37.6 Å². The number of anilines is 1. The van der Waals surface area contributed by atoms with E-state index in [1.165, 1.54) is 0 Å². The van der Waals surface area contributed by atoms with Crippen LogP contribution in [0.5, 0.6) is 0 Å². The van der Waals surface area contributed by atoms with E-state index >= 15 is 0 Å². The fourth-order valence-electron chi connectivity index (χ4n) is 2.49. The first-order chi connectivity index (χ1) is 12.2. The standard InChI is InChI=1S/C15H18ClF3N4O3/c16-11-8-10(15(17,18)19)9-21-13(11)22-4-6-23(7-5-22)14(26)20-3-1-2-12(24)25/h8-9H,1-7H2,(H,20,26)(H,24,25). The Morgan fingerprint density at radius 2 is 1.92 bits per heavy atom. The molecule has 0 saturated carbocycles. The number of carboxylic acids is 1. The second kappa shape index (κ2) is 8.43. The number of amides is 2. The summed E-state index contributed by atoms with van der Waals surface area (Å²) in [7, 11) is 0. The molecule has 1 fully saturated rings. The Bertz CT molecular complexity index is 664. The van der Waals surface area contributed by atoms with Crippen LogP contribution in [0.25, 0.3) is 0 Å². The van der Waals surface area contributed by atoms with Gasteiger partial charge in [0.1, 0.15) is 5.82 Å². The lowest BCUT2D eigenvalue weighted by molar-refractivity contribution is -0.138. The first-order valence-corrected chi connectivity index (χ1v) is 8.28. The summed E-state index contributed by atoms with van der Waals surface area (Å²) >= 11 is 5.93. The quantitative estimate of drug-likeness (QED) is 0.749. The van der Waals surface area contributed by atoms with Crippen LogP contribution in [0.1, 0.15) is 18.4 Å². The van der Waals surface area contributed by atoms with Gasteiger partial charge in [0, 0.05) is 45.3 Å². The van der Waals surface area contributed by atoms with Gasteiger partial charge in [-0.15, -0.1) is 0 Å². The van der Waals surface area contributed by atoms with E-state index in [0.29, 0.717) is 32.6 Å². The average Bonchev–Trinajstić information content (AvgIpc) is 2.57. The molecule has 11 heteroatoms. The number of carbonyl (C=O) groups excluding carboxylic acids is 1. The van der Waals surface area contributed by atoms with E-state index in [0.717, 1.165) is 12.3 Å². The Morgan fingerprint density at radius 3 is 2.46 bits per heavy atom. The first-order valence-electron chi connectivity index (χ1n) is 7.90. The number of urea groups is 1. The summed E-state index contributed by atoms with van der Waals surface area (Å²) in [6.07, 6.45) is -3.45. The fraction of sp³-hybridized carbons (Fsp3) is 0.533. The number of pyridine rings is 1. The van der Waals surface area contributed by atoms with Gasteiger partial charge in [-0.3, -0.25) is 4.79 Å². The Balaban J connectivity index is 1.86. The Kier molecular flexibility index (Phi) is 6.52. The third-order valence-corrected chi connectivity index (χ3v) is 4.14. The molecule has 2 rings (SSSR count). The molecule has 0 atom stereocenters. The maximum absolute atomic E-state index is 12.7. The van der Waals surface area contributed by atoms with Crippen molar-refractivity contribution in [2.45, 2.75) is 19.0 Å². The molecule has 1 aliphatic heterocycles. The van der Waals surface area contributed by atoms with Crippen LogP contribution in [0, 0.1) is 0 Å². The minimum atomic E-state index is -4.51. The van der Waals surface area contributed by atoms with Gasteiger partial charge in [-0.25, -0.2) is 9.78 Å². The van der Waals surface area contributed by atoms with Crippen molar-refractivity contribution in [3.63, 3.8) is 0 Å². The largest absolute Gasteiger partial charge is 0.481 e. The summed E-state index contributed by atoms with van der Waals surface area (Å²) in [6.45, 7) is 1.71. The molecule has 0 aliphatic carbocycles. The lowest BCUT2D eigenvalue weighted by atomic mass is 10.2. The smallest absolute Gasteiger partial charge is 0.417 e. The molecule has 2 amide bonds. The lowest BCUT2D eigenvalue weighted by Gasteiger charge is -2.35. The number of piperazine rings is 1. The molecular formula is C15H18ClF3N4O3. The highest BCUT2D eigenvalue weighted by molar-refractivity contribution is 6.33. The summed E-state index contributed by atoms with van der Waals surface area (Å²) in [6, 6.07) is 0.535. The van der Waals surface area contributed by atoms with E-state index in [-0.39, 0.29) is 29.8 Å².